The lowest BCUT2D eigenvalue weighted by Crippen LogP contribution is -2.04. The van der Waals surface area contributed by atoms with Crippen LogP contribution in [0.4, 0.5) is 8.78 Å². The van der Waals surface area contributed by atoms with Crippen molar-refractivity contribution in [1.82, 2.24) is 0 Å². The topological polar surface area (TPSA) is 44.5 Å². The minimum absolute atomic E-state index is 0.0419. The summed E-state index contributed by atoms with van der Waals surface area (Å²) in [6.45, 7) is 0.544. The molecule has 2 N–H and O–H groups in total. The first kappa shape index (κ1) is 13.7. The average molecular weight is 245 g/mol. The molecule has 5 heteroatoms. The lowest BCUT2D eigenvalue weighted by Gasteiger charge is -2.14. The predicted molar refractivity (Wildman–Crippen MR) is 61.5 cm³/mol. The molecule has 0 aliphatic rings. The molecule has 0 aliphatic carbocycles. The molecule has 0 spiro atoms. The van der Waals surface area contributed by atoms with Crippen molar-refractivity contribution in [2.75, 3.05) is 20.8 Å². The molecule has 0 aliphatic heterocycles. The largest absolute Gasteiger partial charge is 0.493 e. The molecular formula is C12H17F2NO2. The highest BCUT2D eigenvalue weighted by Gasteiger charge is 2.19. The Morgan fingerprint density at radius 2 is 1.59 bits per heavy atom. The second kappa shape index (κ2) is 6.39. The Kier molecular flexibility index (Phi) is 5.15. The molecular weight excluding hydrogens is 228 g/mol. The molecule has 0 atom stereocenters. The van der Waals surface area contributed by atoms with Crippen molar-refractivity contribution in [3.63, 3.8) is 0 Å². The van der Waals surface area contributed by atoms with Gasteiger partial charge < -0.3 is 15.2 Å². The van der Waals surface area contributed by atoms with Gasteiger partial charge in [0.05, 0.1) is 14.2 Å². The SMILES string of the molecule is COc1c(F)cc(F)c(OC)c1CCCCN. The molecule has 0 heterocycles. The summed E-state index contributed by atoms with van der Waals surface area (Å²) < 4.78 is 36.9. The van der Waals surface area contributed by atoms with E-state index in [-0.39, 0.29) is 11.5 Å². The van der Waals surface area contributed by atoms with Gasteiger partial charge in [-0.1, -0.05) is 0 Å². The second-order valence-electron chi connectivity index (χ2n) is 3.63. The van der Waals surface area contributed by atoms with Gasteiger partial charge in [0.2, 0.25) is 0 Å². The lowest BCUT2D eigenvalue weighted by atomic mass is 10.0. The highest BCUT2D eigenvalue weighted by molar-refractivity contribution is 5.47. The van der Waals surface area contributed by atoms with E-state index in [0.717, 1.165) is 18.9 Å². The molecule has 17 heavy (non-hydrogen) atoms. The van der Waals surface area contributed by atoms with Crippen LogP contribution >= 0.6 is 0 Å². The van der Waals surface area contributed by atoms with Gasteiger partial charge in [0, 0.05) is 11.6 Å². The number of rotatable bonds is 6. The van der Waals surface area contributed by atoms with Crippen LogP contribution in [0.25, 0.3) is 0 Å². The summed E-state index contributed by atoms with van der Waals surface area (Å²) in [7, 11) is 2.70. The fourth-order valence-electron chi connectivity index (χ4n) is 1.75. The quantitative estimate of drug-likeness (QED) is 0.782. The van der Waals surface area contributed by atoms with Gasteiger partial charge >= 0.3 is 0 Å². The van der Waals surface area contributed by atoms with Crippen LogP contribution in [-0.2, 0) is 6.42 Å². The first-order chi connectivity index (χ1) is 8.15. The number of hydrogen-bond acceptors (Lipinski definition) is 3. The molecule has 1 rings (SSSR count). The minimum Gasteiger partial charge on any atom is -0.493 e. The van der Waals surface area contributed by atoms with Gasteiger partial charge in [-0.2, -0.15) is 0 Å². The fourth-order valence-corrected chi connectivity index (χ4v) is 1.75. The van der Waals surface area contributed by atoms with Gasteiger partial charge in [-0.25, -0.2) is 8.78 Å². The number of benzene rings is 1. The zero-order valence-electron chi connectivity index (χ0n) is 10.1. The molecule has 1 aromatic rings. The first-order valence-corrected chi connectivity index (χ1v) is 5.44. The summed E-state index contributed by atoms with van der Waals surface area (Å²) in [5.41, 5.74) is 5.80. The van der Waals surface area contributed by atoms with Crippen molar-refractivity contribution in [2.45, 2.75) is 19.3 Å². The lowest BCUT2D eigenvalue weighted by molar-refractivity contribution is 0.348. The molecule has 0 saturated heterocycles. The molecule has 0 radical (unpaired) electrons. The van der Waals surface area contributed by atoms with Crippen molar-refractivity contribution in [3.8, 4) is 11.5 Å². The highest BCUT2D eigenvalue weighted by Crippen LogP contribution is 2.35. The summed E-state index contributed by atoms with van der Waals surface area (Å²) in [6, 6.07) is 0.768. The molecule has 0 saturated carbocycles. The van der Waals surface area contributed by atoms with E-state index in [1.54, 1.807) is 0 Å². The highest BCUT2D eigenvalue weighted by atomic mass is 19.1. The van der Waals surface area contributed by atoms with Crippen LogP contribution in [0.3, 0.4) is 0 Å². The van der Waals surface area contributed by atoms with Crippen molar-refractivity contribution in [3.05, 3.63) is 23.3 Å². The van der Waals surface area contributed by atoms with E-state index in [0.29, 0.717) is 18.5 Å². The van der Waals surface area contributed by atoms with E-state index in [4.69, 9.17) is 15.2 Å². The van der Waals surface area contributed by atoms with E-state index in [9.17, 15) is 8.78 Å². The molecule has 0 amide bonds. The van der Waals surface area contributed by atoms with E-state index in [2.05, 4.69) is 0 Å². The van der Waals surface area contributed by atoms with E-state index >= 15 is 0 Å². The van der Waals surface area contributed by atoms with E-state index in [1.165, 1.54) is 14.2 Å². The van der Waals surface area contributed by atoms with Crippen LogP contribution in [-0.4, -0.2) is 20.8 Å². The fraction of sp³-hybridized carbons (Fsp3) is 0.500. The molecule has 96 valence electrons. The van der Waals surface area contributed by atoms with E-state index < -0.39 is 11.6 Å². The van der Waals surface area contributed by atoms with Gasteiger partial charge in [0.1, 0.15) is 0 Å². The molecule has 1 aromatic carbocycles. The van der Waals surface area contributed by atoms with Crippen LogP contribution in [0.2, 0.25) is 0 Å². The monoisotopic (exact) mass is 245 g/mol. The second-order valence-corrected chi connectivity index (χ2v) is 3.63. The summed E-state index contributed by atoms with van der Waals surface area (Å²) in [4.78, 5) is 0. The summed E-state index contributed by atoms with van der Waals surface area (Å²) >= 11 is 0. The third-order valence-electron chi connectivity index (χ3n) is 2.52. The summed E-state index contributed by atoms with van der Waals surface area (Å²) in [5, 5.41) is 0. The average Bonchev–Trinajstić information content (AvgIpc) is 2.29. The number of methoxy groups -OCH3 is 2. The summed E-state index contributed by atoms with van der Waals surface area (Å²) in [5.74, 6) is -1.34. The van der Waals surface area contributed by atoms with Crippen LogP contribution in [0.15, 0.2) is 6.07 Å². The third-order valence-corrected chi connectivity index (χ3v) is 2.52. The van der Waals surface area contributed by atoms with Gasteiger partial charge in [0.25, 0.3) is 0 Å². The normalized spacial score (nSPS) is 10.4. The molecule has 0 unspecified atom stereocenters. The van der Waals surface area contributed by atoms with Gasteiger partial charge in [0.15, 0.2) is 23.1 Å². The molecule has 3 nitrogen and oxygen atoms in total. The Balaban J connectivity index is 3.11. The number of ether oxygens (including phenoxy) is 2. The van der Waals surface area contributed by atoms with Crippen LogP contribution in [0.1, 0.15) is 18.4 Å². The standard InChI is InChI=1S/C12H17F2NO2/c1-16-11-8(5-3-4-6-15)12(17-2)10(14)7-9(11)13/h7H,3-6,15H2,1-2H3. The maximum atomic E-state index is 13.5. The zero-order chi connectivity index (χ0) is 12.8. The van der Waals surface area contributed by atoms with Crippen molar-refractivity contribution in [2.24, 2.45) is 5.73 Å². The Hall–Kier alpha value is -1.36. The Bertz CT molecular complexity index is 355. The van der Waals surface area contributed by atoms with Gasteiger partial charge in [-0.3, -0.25) is 0 Å². The predicted octanol–water partition coefficient (Wildman–Crippen LogP) is 2.26. The minimum atomic E-state index is -0.714. The Morgan fingerprint density at radius 1 is 1.06 bits per heavy atom. The first-order valence-electron chi connectivity index (χ1n) is 5.44. The number of nitrogens with two attached hydrogens (primary N) is 1. The van der Waals surface area contributed by atoms with Gasteiger partial charge in [-0.15, -0.1) is 0 Å². The Morgan fingerprint density at radius 3 is 2.00 bits per heavy atom. The zero-order valence-corrected chi connectivity index (χ0v) is 10.1. The maximum absolute atomic E-state index is 13.5. The van der Waals surface area contributed by atoms with Gasteiger partial charge in [-0.05, 0) is 25.8 Å². The van der Waals surface area contributed by atoms with Crippen LogP contribution < -0.4 is 15.2 Å². The summed E-state index contributed by atoms with van der Waals surface area (Å²) in [6.07, 6.45) is 1.98. The van der Waals surface area contributed by atoms with Crippen molar-refractivity contribution >= 4 is 0 Å². The third kappa shape index (κ3) is 3.06. The van der Waals surface area contributed by atoms with Crippen molar-refractivity contribution in [1.29, 1.82) is 0 Å². The number of hydrogen-bond donors (Lipinski definition) is 1. The molecule has 0 fully saturated rings. The Labute approximate surface area is 99.5 Å². The maximum Gasteiger partial charge on any atom is 0.168 e. The smallest absolute Gasteiger partial charge is 0.168 e. The van der Waals surface area contributed by atoms with Crippen LogP contribution in [0.5, 0.6) is 11.5 Å². The molecule has 0 aromatic heterocycles. The van der Waals surface area contributed by atoms with Crippen LogP contribution in [0, 0.1) is 11.6 Å². The number of halogens is 2. The molecule has 0 bridgehead atoms. The van der Waals surface area contributed by atoms with Crippen molar-refractivity contribution < 1.29 is 18.3 Å². The number of unbranched alkanes of at least 4 members (excludes halogenated alkanes) is 1. The van der Waals surface area contributed by atoms with E-state index in [1.807, 2.05) is 0 Å².